The summed E-state index contributed by atoms with van der Waals surface area (Å²) in [6, 6.07) is 8.19. The first kappa shape index (κ1) is 13.8. The molecule has 0 aliphatic heterocycles. The van der Waals surface area contributed by atoms with Gasteiger partial charge >= 0.3 is 0 Å². The maximum Gasteiger partial charge on any atom is 0.133 e. The van der Waals surface area contributed by atoms with Gasteiger partial charge in [0.25, 0.3) is 0 Å². The van der Waals surface area contributed by atoms with E-state index in [0.717, 1.165) is 41.5 Å². The third-order valence-electron chi connectivity index (χ3n) is 4.07. The highest BCUT2D eigenvalue weighted by atomic mass is 79.9. The second-order valence-corrected chi connectivity index (χ2v) is 6.42. The van der Waals surface area contributed by atoms with Crippen LogP contribution >= 0.6 is 15.9 Å². The van der Waals surface area contributed by atoms with E-state index in [1.54, 1.807) is 0 Å². The largest absolute Gasteiger partial charge is 0.393 e. The maximum absolute atomic E-state index is 9.74. The van der Waals surface area contributed by atoms with Crippen molar-refractivity contribution >= 4 is 32.5 Å². The summed E-state index contributed by atoms with van der Waals surface area (Å²) in [5.74, 6) is 1.48. The molecule has 0 amide bonds. The molecule has 1 fully saturated rings. The first-order valence-electron chi connectivity index (χ1n) is 7.19. The molecule has 1 aromatic heterocycles. The van der Waals surface area contributed by atoms with Crippen LogP contribution in [0, 0.1) is 5.92 Å². The highest BCUT2D eigenvalue weighted by Gasteiger charge is 2.20. The molecule has 3 rings (SSSR count). The highest BCUT2D eigenvalue weighted by molar-refractivity contribution is 9.10. The van der Waals surface area contributed by atoms with Crippen molar-refractivity contribution in [2.24, 2.45) is 5.92 Å². The molecule has 1 heterocycles. The minimum absolute atomic E-state index is 0.120. The van der Waals surface area contributed by atoms with Crippen LogP contribution in [0.25, 0.3) is 10.8 Å². The number of benzene rings is 1. The van der Waals surface area contributed by atoms with Crippen LogP contribution in [0.2, 0.25) is 0 Å². The van der Waals surface area contributed by atoms with E-state index >= 15 is 0 Å². The lowest BCUT2D eigenvalue weighted by molar-refractivity contribution is 0.104. The maximum atomic E-state index is 9.74. The third kappa shape index (κ3) is 2.96. The van der Waals surface area contributed by atoms with Crippen LogP contribution in [-0.4, -0.2) is 22.7 Å². The average molecular weight is 335 g/mol. The molecule has 2 unspecified atom stereocenters. The molecule has 0 saturated heterocycles. The Morgan fingerprint density at radius 1 is 1.25 bits per heavy atom. The second kappa shape index (κ2) is 6.10. The molecule has 2 aromatic rings. The van der Waals surface area contributed by atoms with Gasteiger partial charge < -0.3 is 10.4 Å². The number of hydrogen-bond donors (Lipinski definition) is 2. The van der Waals surface area contributed by atoms with Gasteiger partial charge in [0, 0.05) is 28.0 Å². The summed E-state index contributed by atoms with van der Waals surface area (Å²) in [6.45, 7) is 0.885. The Labute approximate surface area is 127 Å². The van der Waals surface area contributed by atoms with Crippen molar-refractivity contribution in [1.82, 2.24) is 4.98 Å². The van der Waals surface area contributed by atoms with Crippen molar-refractivity contribution in [2.45, 2.75) is 31.8 Å². The molecule has 106 valence electrons. The third-order valence-corrected chi connectivity index (χ3v) is 4.76. The fourth-order valence-electron chi connectivity index (χ4n) is 3.00. The van der Waals surface area contributed by atoms with Crippen LogP contribution in [0.4, 0.5) is 5.82 Å². The SMILES string of the molecule is OC1CCCC(CNc2nccc3c(Br)cccc23)C1. The van der Waals surface area contributed by atoms with Gasteiger partial charge in [0.2, 0.25) is 0 Å². The number of aliphatic hydroxyl groups excluding tert-OH is 1. The molecule has 1 aliphatic carbocycles. The summed E-state index contributed by atoms with van der Waals surface area (Å²) in [5, 5.41) is 15.5. The Hall–Kier alpha value is -1.13. The standard InChI is InChI=1S/C16H19BrN2O/c17-15-6-2-5-14-13(15)7-8-18-16(14)19-10-11-3-1-4-12(20)9-11/h2,5-8,11-12,20H,1,3-4,9-10H2,(H,18,19). The number of nitrogens with zero attached hydrogens (tertiary/aromatic N) is 1. The van der Waals surface area contributed by atoms with Crippen molar-refractivity contribution < 1.29 is 5.11 Å². The number of fused-ring (bicyclic) bond motifs is 1. The first-order chi connectivity index (χ1) is 9.74. The molecule has 0 radical (unpaired) electrons. The lowest BCUT2D eigenvalue weighted by Crippen LogP contribution is -2.25. The predicted molar refractivity (Wildman–Crippen MR) is 85.9 cm³/mol. The number of anilines is 1. The number of aliphatic hydroxyl groups is 1. The topological polar surface area (TPSA) is 45.1 Å². The van der Waals surface area contributed by atoms with Gasteiger partial charge in [0.15, 0.2) is 0 Å². The van der Waals surface area contributed by atoms with Crippen LogP contribution in [0.3, 0.4) is 0 Å². The zero-order chi connectivity index (χ0) is 13.9. The number of halogens is 1. The van der Waals surface area contributed by atoms with Crippen molar-refractivity contribution in [1.29, 1.82) is 0 Å². The van der Waals surface area contributed by atoms with Crippen LogP contribution in [0.5, 0.6) is 0 Å². The van der Waals surface area contributed by atoms with Crippen LogP contribution in [0.15, 0.2) is 34.9 Å². The predicted octanol–water partition coefficient (Wildman–Crippen LogP) is 3.96. The number of rotatable bonds is 3. The van der Waals surface area contributed by atoms with E-state index in [1.807, 2.05) is 24.4 Å². The highest BCUT2D eigenvalue weighted by Crippen LogP contribution is 2.29. The van der Waals surface area contributed by atoms with Crippen LogP contribution in [-0.2, 0) is 0 Å². The van der Waals surface area contributed by atoms with E-state index in [-0.39, 0.29) is 6.10 Å². The number of pyridine rings is 1. The zero-order valence-electron chi connectivity index (χ0n) is 11.3. The first-order valence-corrected chi connectivity index (χ1v) is 7.98. The van der Waals surface area contributed by atoms with Gasteiger partial charge in [0.1, 0.15) is 5.82 Å². The number of aromatic nitrogens is 1. The van der Waals surface area contributed by atoms with Gasteiger partial charge in [-0.25, -0.2) is 4.98 Å². The molecule has 2 N–H and O–H groups in total. The molecule has 2 atom stereocenters. The number of nitrogens with one attached hydrogen (secondary N) is 1. The smallest absolute Gasteiger partial charge is 0.133 e. The van der Waals surface area contributed by atoms with E-state index in [4.69, 9.17) is 0 Å². The minimum atomic E-state index is -0.120. The molecule has 3 nitrogen and oxygen atoms in total. The van der Waals surface area contributed by atoms with E-state index in [1.165, 1.54) is 11.8 Å². The van der Waals surface area contributed by atoms with Gasteiger partial charge in [-0.2, -0.15) is 0 Å². The Morgan fingerprint density at radius 3 is 3.00 bits per heavy atom. The fourth-order valence-corrected chi connectivity index (χ4v) is 3.50. The van der Waals surface area contributed by atoms with Gasteiger partial charge in [0.05, 0.1) is 6.10 Å². The summed E-state index contributed by atoms with van der Waals surface area (Å²) in [6.07, 6.45) is 5.90. The molecule has 4 heteroatoms. The van der Waals surface area contributed by atoms with Gasteiger partial charge in [-0.3, -0.25) is 0 Å². The Morgan fingerprint density at radius 2 is 2.15 bits per heavy atom. The van der Waals surface area contributed by atoms with Gasteiger partial charge in [-0.15, -0.1) is 0 Å². The Bertz CT molecular complexity index is 602. The molecule has 0 bridgehead atoms. The second-order valence-electron chi connectivity index (χ2n) is 5.56. The van der Waals surface area contributed by atoms with Crippen molar-refractivity contribution in [3.05, 3.63) is 34.9 Å². The fraction of sp³-hybridized carbons (Fsp3) is 0.438. The monoisotopic (exact) mass is 334 g/mol. The molecule has 20 heavy (non-hydrogen) atoms. The van der Waals surface area contributed by atoms with Crippen LogP contribution in [0.1, 0.15) is 25.7 Å². The van der Waals surface area contributed by atoms with Crippen molar-refractivity contribution in [2.75, 3.05) is 11.9 Å². The summed E-state index contributed by atoms with van der Waals surface area (Å²) < 4.78 is 1.09. The van der Waals surface area contributed by atoms with E-state index < -0.39 is 0 Å². The molecule has 1 aromatic carbocycles. The number of hydrogen-bond acceptors (Lipinski definition) is 3. The minimum Gasteiger partial charge on any atom is -0.393 e. The lowest BCUT2D eigenvalue weighted by atomic mass is 9.87. The van der Waals surface area contributed by atoms with Gasteiger partial charge in [-0.1, -0.05) is 34.5 Å². The van der Waals surface area contributed by atoms with E-state index in [9.17, 15) is 5.11 Å². The molecule has 1 aliphatic rings. The van der Waals surface area contributed by atoms with E-state index in [2.05, 4.69) is 32.3 Å². The normalized spacial score (nSPS) is 22.9. The summed E-state index contributed by atoms with van der Waals surface area (Å²) in [4.78, 5) is 4.46. The average Bonchev–Trinajstić information content (AvgIpc) is 2.46. The molecule has 1 saturated carbocycles. The zero-order valence-corrected chi connectivity index (χ0v) is 12.9. The molecular weight excluding hydrogens is 316 g/mol. The van der Waals surface area contributed by atoms with Gasteiger partial charge in [-0.05, 0) is 37.3 Å². The van der Waals surface area contributed by atoms with E-state index in [0.29, 0.717) is 5.92 Å². The quantitative estimate of drug-likeness (QED) is 0.892. The summed E-state index contributed by atoms with van der Waals surface area (Å²) in [5.41, 5.74) is 0. The lowest BCUT2D eigenvalue weighted by Gasteiger charge is -2.26. The Kier molecular flexibility index (Phi) is 4.22. The molecule has 0 spiro atoms. The van der Waals surface area contributed by atoms with Crippen LogP contribution < -0.4 is 5.32 Å². The molecular formula is C16H19BrN2O. The van der Waals surface area contributed by atoms with Crippen molar-refractivity contribution in [3.63, 3.8) is 0 Å². The Balaban J connectivity index is 1.76. The summed E-state index contributed by atoms with van der Waals surface area (Å²) >= 11 is 3.58. The van der Waals surface area contributed by atoms with Crippen molar-refractivity contribution in [3.8, 4) is 0 Å². The summed E-state index contributed by atoms with van der Waals surface area (Å²) in [7, 11) is 0.